The summed E-state index contributed by atoms with van der Waals surface area (Å²) < 4.78 is 112. The minimum absolute atomic E-state index is 0.0399. The van der Waals surface area contributed by atoms with Crippen LogP contribution in [0.3, 0.4) is 0 Å². The van der Waals surface area contributed by atoms with Gasteiger partial charge in [-0.1, -0.05) is 18.2 Å². The topological polar surface area (TPSA) is 191 Å². The molecule has 4 aliphatic rings. The lowest BCUT2D eigenvalue weighted by molar-refractivity contribution is 0.0275. The van der Waals surface area contributed by atoms with E-state index in [4.69, 9.17) is 33.7 Å². The number of benzene rings is 6. The molecule has 0 unspecified atom stereocenters. The van der Waals surface area contributed by atoms with Gasteiger partial charge in [0, 0.05) is 75.6 Å². The minimum Gasteiger partial charge on any atom is -0.490 e. The zero-order valence-corrected chi connectivity index (χ0v) is 54.1. The van der Waals surface area contributed by atoms with Crippen LogP contribution in [0, 0.1) is 35.2 Å². The third-order valence-corrected chi connectivity index (χ3v) is 17.0. The van der Waals surface area contributed by atoms with Crippen molar-refractivity contribution in [1.82, 2.24) is 14.9 Å². The monoisotopic (exact) mass is 1370 g/mol. The summed E-state index contributed by atoms with van der Waals surface area (Å²) in [5, 5.41) is 22.8. The average molecular weight is 1370 g/mol. The summed E-state index contributed by atoms with van der Waals surface area (Å²) in [6, 6.07) is 33.1. The fourth-order valence-corrected chi connectivity index (χ4v) is 11.9. The van der Waals surface area contributed by atoms with Crippen molar-refractivity contribution in [3.05, 3.63) is 197 Å². The van der Waals surface area contributed by atoms with Crippen LogP contribution >= 0.6 is 15.9 Å². The Morgan fingerprint density at radius 3 is 1.36 bits per heavy atom. The van der Waals surface area contributed by atoms with Gasteiger partial charge in [0.05, 0.1) is 29.3 Å². The van der Waals surface area contributed by atoms with Crippen LogP contribution in [0.2, 0.25) is 0 Å². The predicted molar refractivity (Wildman–Crippen MR) is 353 cm³/mol. The van der Waals surface area contributed by atoms with Gasteiger partial charge in [0.15, 0.2) is 23.3 Å². The van der Waals surface area contributed by atoms with Crippen molar-refractivity contribution in [2.75, 3.05) is 23.7 Å². The molecule has 2 aromatic heterocycles. The number of nitrogens with one attached hydrogen (secondary N) is 2. The Morgan fingerprint density at radius 2 is 0.926 bits per heavy atom. The largest absolute Gasteiger partial charge is 0.490 e. The molecular weight excluding hydrogens is 1300 g/mol. The van der Waals surface area contributed by atoms with Crippen LogP contribution in [0.1, 0.15) is 125 Å². The van der Waals surface area contributed by atoms with E-state index in [1.54, 1.807) is 83.8 Å². The quantitative estimate of drug-likeness (QED) is 0.0407. The van der Waals surface area contributed by atoms with E-state index >= 15 is 0 Å². The lowest BCUT2D eigenvalue weighted by Crippen LogP contribution is -2.36. The number of anilines is 2. The Bertz CT molecular complexity index is 4000. The third-order valence-electron chi connectivity index (χ3n) is 16.3. The van der Waals surface area contributed by atoms with E-state index in [0.29, 0.717) is 103 Å². The number of hydrogen-bond acceptors (Lipinski definition) is 12. The van der Waals surface area contributed by atoms with Crippen LogP contribution in [0.5, 0.6) is 23.0 Å². The van der Waals surface area contributed by atoms with Gasteiger partial charge in [-0.3, -0.25) is 9.59 Å². The molecule has 15 nitrogen and oxygen atoms in total. The van der Waals surface area contributed by atoms with Crippen molar-refractivity contribution in [3.8, 4) is 56.4 Å². The Morgan fingerprint density at radius 1 is 0.495 bits per heavy atom. The summed E-state index contributed by atoms with van der Waals surface area (Å²) in [5.41, 5.74) is 4.53. The first-order valence-corrected chi connectivity index (χ1v) is 32.4. The van der Waals surface area contributed by atoms with E-state index in [1.165, 1.54) is 30.5 Å². The van der Waals surface area contributed by atoms with Crippen molar-refractivity contribution in [1.29, 1.82) is 0 Å². The number of carbonyl (C=O) groups is 3. The van der Waals surface area contributed by atoms with Gasteiger partial charge in [0.2, 0.25) is 11.9 Å². The van der Waals surface area contributed by atoms with Crippen molar-refractivity contribution in [3.63, 3.8) is 0 Å². The Hall–Kier alpha value is -8.93. The second-order valence-corrected chi connectivity index (χ2v) is 25.5. The van der Waals surface area contributed by atoms with E-state index in [0.717, 1.165) is 114 Å². The highest BCUT2D eigenvalue weighted by Gasteiger charge is 2.32. The molecule has 1 atom stereocenters. The van der Waals surface area contributed by atoms with Crippen LogP contribution in [-0.2, 0) is 4.74 Å². The van der Waals surface area contributed by atoms with Crippen LogP contribution in [0.4, 0.5) is 42.5 Å². The summed E-state index contributed by atoms with van der Waals surface area (Å²) in [6.07, 6.45) is 15.0. The average Bonchev–Trinajstić information content (AvgIpc) is 1.61. The van der Waals surface area contributed by atoms with E-state index < -0.39 is 47.9 Å². The summed E-state index contributed by atoms with van der Waals surface area (Å²) >= 11 is 3.53. The normalized spacial score (nSPS) is 15.7. The van der Waals surface area contributed by atoms with Gasteiger partial charge in [-0.15, -0.1) is 0 Å². The highest BCUT2D eigenvalue weighted by atomic mass is 79.9. The second-order valence-electron chi connectivity index (χ2n) is 24.6. The number of pyridine rings is 2. The zero-order chi connectivity index (χ0) is 67.3. The van der Waals surface area contributed by atoms with Crippen molar-refractivity contribution in [2.45, 2.75) is 134 Å². The molecule has 4 N–H and O–H groups in total. The highest BCUT2D eigenvalue weighted by Crippen LogP contribution is 2.40. The Kier molecular flexibility index (Phi) is 22.9. The molecule has 0 bridgehead atoms. The number of amides is 3. The van der Waals surface area contributed by atoms with Gasteiger partial charge < -0.3 is 49.3 Å². The summed E-state index contributed by atoms with van der Waals surface area (Å²) in [4.78, 5) is 47.7. The van der Waals surface area contributed by atoms with Gasteiger partial charge >= 0.3 is 13.2 Å². The number of likely N-dealkylation sites (tertiary alicyclic amines) is 1. The van der Waals surface area contributed by atoms with Crippen LogP contribution < -0.4 is 35.0 Å². The number of hydrogen-bond donors (Lipinski definition) is 4. The highest BCUT2D eigenvalue weighted by molar-refractivity contribution is 9.10. The lowest BCUT2D eigenvalue weighted by atomic mass is 9.82. The maximum Gasteiger partial charge on any atom is 0.490 e. The molecule has 6 aromatic carbocycles. The van der Waals surface area contributed by atoms with Gasteiger partial charge in [-0.2, -0.15) is 8.78 Å². The molecule has 1 saturated heterocycles. The Balaban J connectivity index is 0.000000180. The predicted octanol–water partition coefficient (Wildman–Crippen LogP) is 16.0. The minimum atomic E-state index is -1.58. The maximum absolute atomic E-state index is 14.2. The first-order chi connectivity index (χ1) is 45.6. The maximum atomic E-state index is 14.2. The molecule has 3 saturated carbocycles. The standard InChI is InChI=1S/C34H31F3N2O3.C33H35BrF2N2O5.C5H5BFNO2/c35-29-13-9-21(18-30(29)36)27-17-22(10-14-31(27)41-25-5-1-2-6-25)34(40)39-24-12-15-32(42-26-7-3-4-8-26)28(19-24)23-11-16-33(37)38-20-23;1-33(2,3)43-32(40)38-15-14-24(19-38)42-30-13-10-22(18-26(30)34)37-31(39)21-9-12-29(41-23-6-4-5-7-23)25(16-21)20-8-11-27(35)28(36)17-20;7-5-2-1-4(3-8-5)6(9)10/h9-20,25-26H,1-8H2,(H,39,40);8-13,16-18,23-24H,4-7,14-15,19H2,1-3H3,(H,37,39);1-3,9-10H/t;24-;/m.0./s1. The molecule has 8 aromatic rings. The number of rotatable bonds is 16. The molecule has 3 amide bonds. The third kappa shape index (κ3) is 18.9. The lowest BCUT2D eigenvalue weighted by Gasteiger charge is -2.24. The van der Waals surface area contributed by atoms with Crippen molar-refractivity contribution >= 4 is 57.8 Å². The molecule has 3 aliphatic carbocycles. The molecular formula is C72H71BBrF6N5O10. The first kappa shape index (κ1) is 68.9. The van der Waals surface area contributed by atoms with E-state index in [-0.39, 0.29) is 47.8 Å². The number of halogens is 7. The zero-order valence-electron chi connectivity index (χ0n) is 52.5. The number of carbonyl (C=O) groups excluding carboxylic acids is 3. The molecule has 3 heterocycles. The molecule has 4 fully saturated rings. The van der Waals surface area contributed by atoms with Crippen LogP contribution in [-0.4, -0.2) is 93.0 Å². The molecule has 23 heteroatoms. The SMILES string of the molecule is CC(C)(C)OC(=O)N1CC[C@H](Oc2ccc(NC(=O)c3ccc(OC4CCCC4)c(-c4ccc(F)c(F)c4)c3)cc2Br)C1.O=C(Nc1ccc(OC2CCCC2)c(-c2ccc(F)nc2)c1)c1ccc(OC2CCCC2)c(-c2ccc(F)c(F)c2)c1.OB(O)c1ccc(F)nc1. The molecule has 496 valence electrons. The number of nitrogens with zero attached hydrogens (tertiary/aromatic N) is 3. The molecule has 12 rings (SSSR count). The van der Waals surface area contributed by atoms with E-state index in [1.807, 2.05) is 20.8 Å². The fourth-order valence-electron chi connectivity index (χ4n) is 11.5. The summed E-state index contributed by atoms with van der Waals surface area (Å²) in [7, 11) is -1.58. The van der Waals surface area contributed by atoms with Crippen molar-refractivity contribution < 1.29 is 74.5 Å². The van der Waals surface area contributed by atoms with E-state index in [2.05, 4.69) is 36.5 Å². The van der Waals surface area contributed by atoms with E-state index in [9.17, 15) is 40.7 Å². The molecule has 1 aliphatic heterocycles. The van der Waals surface area contributed by atoms with Gasteiger partial charge in [0.1, 0.15) is 34.7 Å². The first-order valence-electron chi connectivity index (χ1n) is 31.6. The molecule has 95 heavy (non-hydrogen) atoms. The Labute approximate surface area is 555 Å². The van der Waals surface area contributed by atoms with Crippen LogP contribution in [0.15, 0.2) is 150 Å². The fraction of sp³-hybridized carbons (Fsp3) is 0.319. The summed E-state index contributed by atoms with van der Waals surface area (Å²) in [5.74, 6) is -3.55. The summed E-state index contributed by atoms with van der Waals surface area (Å²) in [6.45, 7) is 6.46. The van der Waals surface area contributed by atoms with Gasteiger partial charge in [-0.25, -0.2) is 32.3 Å². The number of ether oxygens (including phenoxy) is 5. The number of aromatic nitrogens is 2. The van der Waals surface area contributed by atoms with Crippen LogP contribution in [0.25, 0.3) is 33.4 Å². The van der Waals surface area contributed by atoms with Gasteiger partial charge in [0.25, 0.3) is 11.8 Å². The molecule has 0 radical (unpaired) electrons. The van der Waals surface area contributed by atoms with Gasteiger partial charge in [-0.05, 0) is 240 Å². The smallest absolute Gasteiger partial charge is 0.490 e. The molecule has 0 spiro atoms. The second kappa shape index (κ2) is 31.5. The van der Waals surface area contributed by atoms with Crippen molar-refractivity contribution in [2.24, 2.45) is 0 Å².